The predicted octanol–water partition coefficient (Wildman–Crippen LogP) is 1.79. The smallest absolute Gasteiger partial charge is 0.308 e. The first-order valence-electron chi connectivity index (χ1n) is 4.67. The summed E-state index contributed by atoms with van der Waals surface area (Å²) in [4.78, 5) is 22.4. The summed E-state index contributed by atoms with van der Waals surface area (Å²) in [6, 6.07) is 9.11. The number of carbonyl (C=O) groups excluding carboxylic acids is 2. The topological polar surface area (TPSA) is 58.2 Å². The molecule has 0 aliphatic rings. The molecule has 0 unspecified atom stereocenters. The van der Waals surface area contributed by atoms with Crippen LogP contribution in [-0.2, 0) is 4.79 Å². The van der Waals surface area contributed by atoms with Gasteiger partial charge in [-0.2, -0.15) is 0 Å². The molecule has 1 aromatic carbocycles. The number of nitrogens with one attached hydrogen (secondary N) is 2. The zero-order valence-electron chi connectivity index (χ0n) is 8.70. The van der Waals surface area contributed by atoms with E-state index in [9.17, 15) is 9.59 Å². The van der Waals surface area contributed by atoms with Gasteiger partial charge >= 0.3 is 6.03 Å². The first-order chi connectivity index (χ1) is 7.09. The molecule has 4 heteroatoms. The lowest BCUT2D eigenvalue weighted by molar-refractivity contribution is -0.122. The lowest BCUT2D eigenvalue weighted by Crippen LogP contribution is -2.36. The highest BCUT2D eigenvalue weighted by molar-refractivity contribution is 6.01. The van der Waals surface area contributed by atoms with Crippen molar-refractivity contribution < 1.29 is 9.59 Å². The minimum Gasteiger partial charge on any atom is -0.308 e. The molecular formula is C11H13N2O2. The van der Waals surface area contributed by atoms with Gasteiger partial charge in [0.1, 0.15) is 0 Å². The second kappa shape index (κ2) is 5.14. The number of rotatable bonds is 2. The molecule has 0 saturated heterocycles. The second-order valence-corrected chi connectivity index (χ2v) is 3.39. The van der Waals surface area contributed by atoms with Crippen LogP contribution in [0, 0.1) is 12.0 Å². The van der Waals surface area contributed by atoms with Crippen molar-refractivity contribution in [2.45, 2.75) is 13.8 Å². The van der Waals surface area contributed by atoms with Crippen LogP contribution in [0.4, 0.5) is 10.5 Å². The number of anilines is 1. The van der Waals surface area contributed by atoms with E-state index in [0.717, 1.165) is 0 Å². The van der Waals surface area contributed by atoms with Gasteiger partial charge in [-0.15, -0.1) is 0 Å². The SMILES string of the molecule is CC(C)C(=O)NC(=O)Nc1c[c]ccc1. The highest BCUT2D eigenvalue weighted by Gasteiger charge is 2.10. The normalized spacial score (nSPS) is 9.80. The van der Waals surface area contributed by atoms with Gasteiger partial charge < -0.3 is 5.32 Å². The minimum absolute atomic E-state index is 0.210. The quantitative estimate of drug-likeness (QED) is 0.773. The molecule has 1 rings (SSSR count). The molecule has 79 valence electrons. The summed E-state index contributed by atoms with van der Waals surface area (Å²) in [5.41, 5.74) is 0.603. The number of hydrogen-bond acceptors (Lipinski definition) is 2. The van der Waals surface area contributed by atoms with Gasteiger partial charge in [-0.1, -0.05) is 26.0 Å². The van der Waals surface area contributed by atoms with Crippen molar-refractivity contribution in [3.8, 4) is 0 Å². The summed E-state index contributed by atoms with van der Waals surface area (Å²) in [6.45, 7) is 3.44. The monoisotopic (exact) mass is 205 g/mol. The zero-order valence-corrected chi connectivity index (χ0v) is 8.70. The Morgan fingerprint density at radius 3 is 2.67 bits per heavy atom. The van der Waals surface area contributed by atoms with Crippen molar-refractivity contribution in [2.24, 2.45) is 5.92 Å². The number of amides is 3. The largest absolute Gasteiger partial charge is 0.325 e. The molecule has 0 spiro atoms. The maximum atomic E-state index is 11.3. The van der Waals surface area contributed by atoms with Crippen LogP contribution in [0.2, 0.25) is 0 Å². The molecule has 0 aliphatic heterocycles. The predicted molar refractivity (Wildman–Crippen MR) is 57.3 cm³/mol. The molecule has 1 radical (unpaired) electrons. The Hall–Kier alpha value is -1.84. The molecule has 0 fully saturated rings. The van der Waals surface area contributed by atoms with Crippen molar-refractivity contribution >= 4 is 17.6 Å². The summed E-state index contributed by atoms with van der Waals surface area (Å²) >= 11 is 0. The number of urea groups is 1. The molecule has 0 aromatic heterocycles. The van der Waals surface area contributed by atoms with Gasteiger partial charge in [0, 0.05) is 11.6 Å². The fourth-order valence-electron chi connectivity index (χ4n) is 0.890. The Bertz CT molecular complexity index is 347. The fourth-order valence-corrected chi connectivity index (χ4v) is 0.890. The standard InChI is InChI=1S/C11H13N2O2/c1-8(2)10(14)13-11(15)12-9-6-4-3-5-7-9/h3-4,6-8H,1-2H3,(H2,12,13,14,15). The van der Waals surface area contributed by atoms with Crippen molar-refractivity contribution in [1.29, 1.82) is 0 Å². The molecule has 0 bridgehead atoms. The molecule has 4 nitrogen and oxygen atoms in total. The molecule has 0 atom stereocenters. The van der Waals surface area contributed by atoms with E-state index in [0.29, 0.717) is 5.69 Å². The molecule has 2 N–H and O–H groups in total. The third-order valence-electron chi connectivity index (χ3n) is 1.73. The number of imide groups is 1. The molecule has 3 amide bonds. The first kappa shape index (κ1) is 11.2. The van der Waals surface area contributed by atoms with Crippen LogP contribution in [0.1, 0.15) is 13.8 Å². The number of carbonyl (C=O) groups is 2. The lowest BCUT2D eigenvalue weighted by atomic mass is 10.2. The van der Waals surface area contributed by atoms with Gasteiger partial charge in [0.05, 0.1) is 0 Å². The highest BCUT2D eigenvalue weighted by Crippen LogP contribution is 2.03. The van der Waals surface area contributed by atoms with Crippen LogP contribution < -0.4 is 10.6 Å². The van der Waals surface area contributed by atoms with Gasteiger partial charge in [0.15, 0.2) is 0 Å². The van der Waals surface area contributed by atoms with E-state index < -0.39 is 6.03 Å². The van der Waals surface area contributed by atoms with Crippen molar-refractivity contribution in [1.82, 2.24) is 5.32 Å². The van der Waals surface area contributed by atoms with Crippen molar-refractivity contribution in [3.63, 3.8) is 0 Å². The van der Waals surface area contributed by atoms with E-state index in [2.05, 4.69) is 16.7 Å². The van der Waals surface area contributed by atoms with Crippen molar-refractivity contribution in [2.75, 3.05) is 5.32 Å². The number of hydrogen-bond donors (Lipinski definition) is 2. The average Bonchev–Trinajstić information content (AvgIpc) is 2.18. The Kier molecular flexibility index (Phi) is 3.85. The van der Waals surface area contributed by atoms with E-state index >= 15 is 0 Å². The first-order valence-corrected chi connectivity index (χ1v) is 4.67. The summed E-state index contributed by atoms with van der Waals surface area (Å²) < 4.78 is 0. The Morgan fingerprint density at radius 2 is 2.13 bits per heavy atom. The van der Waals surface area contributed by atoms with Gasteiger partial charge in [-0.05, 0) is 18.2 Å². The molecule has 0 saturated carbocycles. The highest BCUT2D eigenvalue weighted by atomic mass is 16.2. The lowest BCUT2D eigenvalue weighted by Gasteiger charge is -2.07. The van der Waals surface area contributed by atoms with E-state index in [1.807, 2.05) is 0 Å². The molecule has 1 aromatic rings. The summed E-state index contributed by atoms with van der Waals surface area (Å²) in [6.07, 6.45) is 0. The third-order valence-corrected chi connectivity index (χ3v) is 1.73. The van der Waals surface area contributed by atoms with E-state index in [1.54, 1.807) is 38.1 Å². The third kappa shape index (κ3) is 3.81. The molecular weight excluding hydrogens is 192 g/mol. The summed E-state index contributed by atoms with van der Waals surface area (Å²) in [7, 11) is 0. The van der Waals surface area contributed by atoms with Crippen LogP contribution in [0.25, 0.3) is 0 Å². The Morgan fingerprint density at radius 1 is 1.40 bits per heavy atom. The van der Waals surface area contributed by atoms with Crippen LogP contribution >= 0.6 is 0 Å². The van der Waals surface area contributed by atoms with Gasteiger partial charge in [0.25, 0.3) is 0 Å². The van der Waals surface area contributed by atoms with Gasteiger partial charge in [0.2, 0.25) is 5.91 Å². The van der Waals surface area contributed by atoms with Crippen molar-refractivity contribution in [3.05, 3.63) is 30.3 Å². The second-order valence-electron chi connectivity index (χ2n) is 3.39. The zero-order chi connectivity index (χ0) is 11.3. The Balaban J connectivity index is 2.47. The summed E-state index contributed by atoms with van der Waals surface area (Å²) in [5.74, 6) is -0.509. The molecule has 15 heavy (non-hydrogen) atoms. The van der Waals surface area contributed by atoms with E-state index in [1.165, 1.54) is 0 Å². The maximum Gasteiger partial charge on any atom is 0.325 e. The molecule has 0 heterocycles. The fraction of sp³-hybridized carbons (Fsp3) is 0.273. The maximum absolute atomic E-state index is 11.3. The van der Waals surface area contributed by atoms with E-state index in [-0.39, 0.29) is 11.8 Å². The average molecular weight is 205 g/mol. The van der Waals surface area contributed by atoms with Gasteiger partial charge in [-0.3, -0.25) is 10.1 Å². The van der Waals surface area contributed by atoms with E-state index in [4.69, 9.17) is 0 Å². The van der Waals surface area contributed by atoms with Crippen LogP contribution in [0.5, 0.6) is 0 Å². The van der Waals surface area contributed by atoms with Crippen LogP contribution in [0.3, 0.4) is 0 Å². The minimum atomic E-state index is -0.520. The Labute approximate surface area is 88.7 Å². The number of benzene rings is 1. The molecule has 0 aliphatic carbocycles. The van der Waals surface area contributed by atoms with Crippen LogP contribution in [0.15, 0.2) is 24.3 Å². The van der Waals surface area contributed by atoms with Gasteiger partial charge in [-0.25, -0.2) is 4.79 Å². The summed E-state index contributed by atoms with van der Waals surface area (Å²) in [5, 5.41) is 4.75. The van der Waals surface area contributed by atoms with Crippen LogP contribution in [-0.4, -0.2) is 11.9 Å².